The zero-order valence-corrected chi connectivity index (χ0v) is 15.1. The summed E-state index contributed by atoms with van der Waals surface area (Å²) in [6, 6.07) is 26.8. The summed E-state index contributed by atoms with van der Waals surface area (Å²) in [6.07, 6.45) is 0. The molecule has 0 aliphatic rings. The summed E-state index contributed by atoms with van der Waals surface area (Å²) in [6.45, 7) is 0. The van der Waals surface area contributed by atoms with Crippen LogP contribution in [0.3, 0.4) is 0 Å². The third-order valence-corrected chi connectivity index (χ3v) is 9.97. The molecule has 0 radical (unpaired) electrons. The van der Waals surface area contributed by atoms with Crippen molar-refractivity contribution in [1.29, 1.82) is 0 Å². The van der Waals surface area contributed by atoms with Gasteiger partial charge in [0.05, 0.1) is 0 Å². The molecule has 0 amide bonds. The third kappa shape index (κ3) is 3.80. The van der Waals surface area contributed by atoms with Crippen LogP contribution in [0.4, 0.5) is 0 Å². The van der Waals surface area contributed by atoms with E-state index in [0.29, 0.717) is 0 Å². The molecule has 0 fully saturated rings. The molecule has 0 spiro atoms. The van der Waals surface area contributed by atoms with Gasteiger partial charge in [-0.15, -0.1) is 0 Å². The van der Waals surface area contributed by atoms with Gasteiger partial charge in [0, 0.05) is 0 Å². The van der Waals surface area contributed by atoms with E-state index in [-0.39, 0.29) is 4.90 Å². The molecule has 0 saturated heterocycles. The molecule has 3 nitrogen and oxygen atoms in total. The molecule has 118 valence electrons. The van der Waals surface area contributed by atoms with Gasteiger partial charge in [-0.1, -0.05) is 0 Å². The van der Waals surface area contributed by atoms with Crippen molar-refractivity contribution >= 4 is 29.9 Å². The van der Waals surface area contributed by atoms with Crippen LogP contribution in [0.2, 0.25) is 0 Å². The Morgan fingerprint density at radius 1 is 0.609 bits per heavy atom. The van der Waals surface area contributed by atoms with E-state index in [1.165, 1.54) is 19.3 Å². The average molecular weight is 437 g/mol. The Morgan fingerprint density at radius 2 is 1.00 bits per heavy atom. The van der Waals surface area contributed by atoms with Crippen molar-refractivity contribution < 1.29 is 13.0 Å². The molecule has 3 aromatic carbocycles. The van der Waals surface area contributed by atoms with E-state index >= 15 is 0 Å². The molecule has 3 aromatic rings. The van der Waals surface area contributed by atoms with Crippen LogP contribution >= 0.6 is 19.8 Å². The summed E-state index contributed by atoms with van der Waals surface area (Å²) in [7, 11) is -4.41. The first-order valence-electron chi connectivity index (χ1n) is 6.91. The number of benzene rings is 3. The van der Waals surface area contributed by atoms with Gasteiger partial charge >= 0.3 is 143 Å². The second-order valence-corrected chi connectivity index (χ2v) is 11.5. The fraction of sp³-hybridized carbons (Fsp3) is 0. The molecule has 5 heteroatoms. The molecular weight excluding hydrogens is 423 g/mol. The van der Waals surface area contributed by atoms with Crippen LogP contribution in [0.5, 0.6) is 0 Å². The predicted octanol–water partition coefficient (Wildman–Crippen LogP) is 4.01. The standard InChI is InChI=1S/C18H15IO3S/c20-23(21,22)18-13-11-17(12-14-18)19(15-7-3-1-4-8-15)16-9-5-2-6-10-16/h1-14H,(H,20,21,22)/p-1. The fourth-order valence-electron chi connectivity index (χ4n) is 2.19. The number of rotatable bonds is 4. The van der Waals surface area contributed by atoms with E-state index in [4.69, 9.17) is 0 Å². The molecule has 23 heavy (non-hydrogen) atoms. The maximum atomic E-state index is 11.1. The molecular formula is C18H14IO3S-. The Balaban J connectivity index is 2.09. The van der Waals surface area contributed by atoms with Crippen LogP contribution < -0.4 is 0 Å². The van der Waals surface area contributed by atoms with Crippen LogP contribution in [0.25, 0.3) is 0 Å². The summed E-state index contributed by atoms with van der Waals surface area (Å²) < 4.78 is 37.0. The minimum atomic E-state index is -4.41. The SMILES string of the molecule is O=S(=O)([O-])c1ccc(I(c2ccccc2)c2ccccc2)cc1. The summed E-state index contributed by atoms with van der Waals surface area (Å²) in [5, 5.41) is 0. The zero-order valence-electron chi connectivity index (χ0n) is 12.1. The van der Waals surface area contributed by atoms with E-state index < -0.39 is 29.9 Å². The van der Waals surface area contributed by atoms with Gasteiger partial charge in [0.1, 0.15) is 0 Å². The topological polar surface area (TPSA) is 57.2 Å². The van der Waals surface area contributed by atoms with Crippen LogP contribution in [-0.2, 0) is 10.1 Å². The molecule has 0 unspecified atom stereocenters. The van der Waals surface area contributed by atoms with Gasteiger partial charge < -0.3 is 0 Å². The second kappa shape index (κ2) is 6.82. The van der Waals surface area contributed by atoms with Gasteiger partial charge in [-0.3, -0.25) is 0 Å². The molecule has 3 rings (SSSR count). The van der Waals surface area contributed by atoms with Crippen LogP contribution in [0.1, 0.15) is 0 Å². The van der Waals surface area contributed by atoms with Crippen molar-refractivity contribution in [2.75, 3.05) is 0 Å². The van der Waals surface area contributed by atoms with Crippen LogP contribution in [0.15, 0.2) is 89.8 Å². The van der Waals surface area contributed by atoms with Crippen molar-refractivity contribution in [3.05, 3.63) is 95.6 Å². The summed E-state index contributed by atoms with van der Waals surface area (Å²) in [4.78, 5) is -0.182. The van der Waals surface area contributed by atoms with Gasteiger partial charge in [0.2, 0.25) is 0 Å². The van der Waals surface area contributed by atoms with Gasteiger partial charge in [-0.2, -0.15) is 0 Å². The van der Waals surface area contributed by atoms with E-state index in [1.807, 2.05) is 36.4 Å². The molecule has 0 bridgehead atoms. The maximum absolute atomic E-state index is 11.1. The van der Waals surface area contributed by atoms with Gasteiger partial charge in [-0.25, -0.2) is 0 Å². The molecule has 0 saturated carbocycles. The first-order valence-corrected chi connectivity index (χ1v) is 11.6. The number of hydrogen-bond donors (Lipinski definition) is 0. The Bertz CT molecular complexity index is 837. The van der Waals surface area contributed by atoms with Gasteiger partial charge in [-0.05, 0) is 0 Å². The number of halogens is 1. The van der Waals surface area contributed by atoms with Crippen molar-refractivity contribution in [2.24, 2.45) is 0 Å². The van der Waals surface area contributed by atoms with Crippen molar-refractivity contribution in [2.45, 2.75) is 4.90 Å². The normalized spacial score (nSPS) is 12.0. The average Bonchev–Trinajstić information content (AvgIpc) is 2.57. The minimum absolute atomic E-state index is 0.182. The van der Waals surface area contributed by atoms with E-state index in [2.05, 4.69) is 24.3 Å². The molecule has 0 N–H and O–H groups in total. The molecule has 0 atom stereocenters. The van der Waals surface area contributed by atoms with Crippen molar-refractivity contribution in [3.8, 4) is 0 Å². The summed E-state index contributed by atoms with van der Waals surface area (Å²) >= 11 is -1.89. The van der Waals surface area contributed by atoms with Crippen LogP contribution in [0, 0.1) is 10.7 Å². The quantitative estimate of drug-likeness (QED) is 0.458. The Hall–Kier alpha value is -1.70. The van der Waals surface area contributed by atoms with Gasteiger partial charge in [0.15, 0.2) is 0 Å². The van der Waals surface area contributed by atoms with E-state index in [0.717, 1.165) is 3.57 Å². The van der Waals surface area contributed by atoms with Gasteiger partial charge in [0.25, 0.3) is 0 Å². The Kier molecular flexibility index (Phi) is 4.79. The fourth-order valence-corrected chi connectivity index (χ4v) is 8.16. The third-order valence-electron chi connectivity index (χ3n) is 3.22. The first kappa shape index (κ1) is 16.2. The summed E-state index contributed by atoms with van der Waals surface area (Å²) in [5.74, 6) is 0. The van der Waals surface area contributed by atoms with E-state index in [9.17, 15) is 13.0 Å². The second-order valence-electron chi connectivity index (χ2n) is 4.78. The Labute approximate surface area is 143 Å². The molecule has 0 heterocycles. The number of hydrogen-bond acceptors (Lipinski definition) is 3. The molecule has 0 aliphatic carbocycles. The van der Waals surface area contributed by atoms with Crippen molar-refractivity contribution in [1.82, 2.24) is 0 Å². The molecule has 0 aromatic heterocycles. The molecule has 0 aliphatic heterocycles. The van der Waals surface area contributed by atoms with E-state index in [1.54, 1.807) is 12.1 Å². The van der Waals surface area contributed by atoms with Crippen molar-refractivity contribution in [3.63, 3.8) is 0 Å². The predicted molar refractivity (Wildman–Crippen MR) is 97.4 cm³/mol. The summed E-state index contributed by atoms with van der Waals surface area (Å²) in [5.41, 5.74) is 0. The Morgan fingerprint density at radius 3 is 1.39 bits per heavy atom. The zero-order chi connectivity index (χ0) is 16.3. The monoisotopic (exact) mass is 437 g/mol. The first-order chi connectivity index (χ1) is 11.1. The van der Waals surface area contributed by atoms with Crippen LogP contribution in [-0.4, -0.2) is 13.0 Å².